The third-order valence-corrected chi connectivity index (χ3v) is 4.12. The standard InChI is InChI=1S/C17H19N5O/c1-12-8-16(22-17(20-12)18-11-19-22)21-9-13(2)23-15(10-21)14-6-4-3-5-7-14/h3-8,11,13,15H,9-10H2,1-2H3. The van der Waals surface area contributed by atoms with E-state index in [-0.39, 0.29) is 12.2 Å². The fraction of sp³-hybridized carbons (Fsp3) is 0.353. The van der Waals surface area contributed by atoms with Crippen molar-refractivity contribution < 1.29 is 4.74 Å². The van der Waals surface area contributed by atoms with Crippen LogP contribution in [0, 0.1) is 6.92 Å². The molecule has 4 rings (SSSR count). The van der Waals surface area contributed by atoms with E-state index in [9.17, 15) is 0 Å². The molecule has 3 aromatic rings. The molecule has 2 aromatic heterocycles. The lowest BCUT2D eigenvalue weighted by Gasteiger charge is -2.38. The van der Waals surface area contributed by atoms with E-state index in [0.717, 1.165) is 24.6 Å². The van der Waals surface area contributed by atoms with Crippen LogP contribution in [0.4, 0.5) is 5.82 Å². The molecule has 0 N–H and O–H groups in total. The SMILES string of the molecule is Cc1cc(N2CC(C)OC(c3ccccc3)C2)n2ncnc2n1. The number of fused-ring (bicyclic) bond motifs is 1. The molecule has 1 aliphatic heterocycles. The highest BCUT2D eigenvalue weighted by Crippen LogP contribution is 2.28. The maximum atomic E-state index is 6.15. The zero-order valence-electron chi connectivity index (χ0n) is 13.3. The van der Waals surface area contributed by atoms with Crippen LogP contribution in [0.15, 0.2) is 42.7 Å². The summed E-state index contributed by atoms with van der Waals surface area (Å²) in [5, 5.41) is 4.32. The smallest absolute Gasteiger partial charge is 0.254 e. The molecule has 1 aliphatic rings. The van der Waals surface area contributed by atoms with Crippen molar-refractivity contribution in [1.82, 2.24) is 19.6 Å². The second kappa shape index (κ2) is 5.62. The number of hydrogen-bond acceptors (Lipinski definition) is 5. The lowest BCUT2D eigenvalue weighted by molar-refractivity contribution is -0.0177. The van der Waals surface area contributed by atoms with Crippen LogP contribution in [-0.4, -0.2) is 38.8 Å². The summed E-state index contributed by atoms with van der Waals surface area (Å²) in [6, 6.07) is 12.4. The van der Waals surface area contributed by atoms with Gasteiger partial charge in [-0.15, -0.1) is 0 Å². The number of benzene rings is 1. The van der Waals surface area contributed by atoms with Gasteiger partial charge in [-0.25, -0.2) is 4.98 Å². The molecule has 23 heavy (non-hydrogen) atoms. The Morgan fingerprint density at radius 1 is 1.17 bits per heavy atom. The van der Waals surface area contributed by atoms with E-state index >= 15 is 0 Å². The summed E-state index contributed by atoms with van der Waals surface area (Å²) in [6.45, 7) is 5.69. The summed E-state index contributed by atoms with van der Waals surface area (Å²) < 4.78 is 7.94. The van der Waals surface area contributed by atoms with Gasteiger partial charge in [0.25, 0.3) is 5.78 Å². The summed E-state index contributed by atoms with van der Waals surface area (Å²) in [5.74, 6) is 1.65. The Hall–Kier alpha value is -2.47. The highest BCUT2D eigenvalue weighted by molar-refractivity contribution is 5.48. The maximum Gasteiger partial charge on any atom is 0.254 e. The number of nitrogens with zero attached hydrogens (tertiary/aromatic N) is 5. The number of anilines is 1. The monoisotopic (exact) mass is 309 g/mol. The van der Waals surface area contributed by atoms with E-state index in [0.29, 0.717) is 5.78 Å². The van der Waals surface area contributed by atoms with Gasteiger partial charge in [0.1, 0.15) is 18.2 Å². The van der Waals surface area contributed by atoms with Gasteiger partial charge in [0.15, 0.2) is 0 Å². The number of rotatable bonds is 2. The van der Waals surface area contributed by atoms with Crippen LogP contribution in [-0.2, 0) is 4.74 Å². The zero-order chi connectivity index (χ0) is 15.8. The molecular formula is C17H19N5O. The van der Waals surface area contributed by atoms with E-state index in [1.807, 2.05) is 13.0 Å². The number of ether oxygens (including phenoxy) is 1. The minimum atomic E-state index is 0.0481. The molecule has 1 saturated heterocycles. The van der Waals surface area contributed by atoms with Crippen molar-refractivity contribution in [3.63, 3.8) is 0 Å². The van der Waals surface area contributed by atoms with Gasteiger partial charge in [-0.2, -0.15) is 14.6 Å². The highest BCUT2D eigenvalue weighted by Gasteiger charge is 2.28. The number of aromatic nitrogens is 4. The molecule has 2 atom stereocenters. The molecule has 2 unspecified atom stereocenters. The Balaban J connectivity index is 1.71. The second-order valence-corrected chi connectivity index (χ2v) is 5.98. The molecule has 0 aliphatic carbocycles. The zero-order valence-corrected chi connectivity index (χ0v) is 13.3. The Labute approximate surface area is 134 Å². The third kappa shape index (κ3) is 2.66. The summed E-state index contributed by atoms with van der Waals surface area (Å²) in [5.41, 5.74) is 2.14. The van der Waals surface area contributed by atoms with Crippen LogP contribution in [0.25, 0.3) is 5.78 Å². The first-order valence-electron chi connectivity index (χ1n) is 7.83. The van der Waals surface area contributed by atoms with Gasteiger partial charge in [-0.1, -0.05) is 30.3 Å². The van der Waals surface area contributed by atoms with Gasteiger partial charge < -0.3 is 9.64 Å². The molecule has 0 bridgehead atoms. The second-order valence-electron chi connectivity index (χ2n) is 5.98. The minimum absolute atomic E-state index is 0.0481. The lowest BCUT2D eigenvalue weighted by atomic mass is 10.1. The van der Waals surface area contributed by atoms with Crippen LogP contribution in [0.1, 0.15) is 24.3 Å². The van der Waals surface area contributed by atoms with Crippen LogP contribution < -0.4 is 4.90 Å². The fourth-order valence-electron chi connectivity index (χ4n) is 3.13. The molecule has 118 valence electrons. The topological polar surface area (TPSA) is 55.6 Å². The Morgan fingerprint density at radius 3 is 2.83 bits per heavy atom. The Bertz CT molecular complexity index is 816. The molecule has 1 aromatic carbocycles. The van der Waals surface area contributed by atoms with Crippen LogP contribution in [0.2, 0.25) is 0 Å². The molecule has 0 saturated carbocycles. The first-order chi connectivity index (χ1) is 11.2. The summed E-state index contributed by atoms with van der Waals surface area (Å²) in [7, 11) is 0. The van der Waals surface area contributed by atoms with Crippen molar-refractivity contribution in [3.05, 3.63) is 54.0 Å². The summed E-state index contributed by atoms with van der Waals surface area (Å²) in [6.07, 6.45) is 1.73. The Morgan fingerprint density at radius 2 is 2.00 bits per heavy atom. The van der Waals surface area contributed by atoms with Crippen molar-refractivity contribution in [2.24, 2.45) is 0 Å². The molecule has 1 fully saturated rings. The number of aryl methyl sites for hydroxylation is 1. The fourth-order valence-corrected chi connectivity index (χ4v) is 3.13. The average Bonchev–Trinajstić information content (AvgIpc) is 3.02. The molecule has 0 spiro atoms. The van der Waals surface area contributed by atoms with Gasteiger partial charge >= 0.3 is 0 Å². The highest BCUT2D eigenvalue weighted by atomic mass is 16.5. The van der Waals surface area contributed by atoms with Crippen molar-refractivity contribution in [3.8, 4) is 0 Å². The summed E-state index contributed by atoms with van der Waals surface area (Å²) in [4.78, 5) is 10.9. The third-order valence-electron chi connectivity index (χ3n) is 4.12. The van der Waals surface area contributed by atoms with Crippen molar-refractivity contribution in [2.45, 2.75) is 26.1 Å². The normalized spacial score (nSPS) is 21.7. The predicted octanol–water partition coefficient (Wildman–Crippen LogP) is 2.40. The van der Waals surface area contributed by atoms with Crippen molar-refractivity contribution in [2.75, 3.05) is 18.0 Å². The first-order valence-corrected chi connectivity index (χ1v) is 7.83. The quantitative estimate of drug-likeness (QED) is 0.727. The maximum absolute atomic E-state index is 6.15. The van der Waals surface area contributed by atoms with E-state index in [1.54, 1.807) is 10.8 Å². The van der Waals surface area contributed by atoms with E-state index in [4.69, 9.17) is 4.74 Å². The van der Waals surface area contributed by atoms with Crippen LogP contribution in [0.5, 0.6) is 0 Å². The van der Waals surface area contributed by atoms with E-state index in [1.165, 1.54) is 5.56 Å². The van der Waals surface area contributed by atoms with Gasteiger partial charge in [0.2, 0.25) is 0 Å². The Kier molecular flexibility index (Phi) is 3.46. The minimum Gasteiger partial charge on any atom is -0.367 e. The largest absolute Gasteiger partial charge is 0.367 e. The van der Waals surface area contributed by atoms with E-state index in [2.05, 4.69) is 57.2 Å². The predicted molar refractivity (Wildman–Crippen MR) is 87.5 cm³/mol. The molecule has 6 nitrogen and oxygen atoms in total. The van der Waals surface area contributed by atoms with Crippen LogP contribution >= 0.6 is 0 Å². The first kappa shape index (κ1) is 14.1. The molecular weight excluding hydrogens is 290 g/mol. The average molecular weight is 309 g/mol. The lowest BCUT2D eigenvalue weighted by Crippen LogP contribution is -2.43. The van der Waals surface area contributed by atoms with E-state index < -0.39 is 0 Å². The molecule has 3 heterocycles. The molecule has 6 heteroatoms. The van der Waals surface area contributed by atoms with Crippen LogP contribution in [0.3, 0.4) is 0 Å². The van der Waals surface area contributed by atoms with Crippen molar-refractivity contribution >= 4 is 11.6 Å². The number of hydrogen-bond donors (Lipinski definition) is 0. The van der Waals surface area contributed by atoms with Gasteiger partial charge in [-0.3, -0.25) is 0 Å². The van der Waals surface area contributed by atoms with Gasteiger partial charge in [-0.05, 0) is 19.4 Å². The summed E-state index contributed by atoms with van der Waals surface area (Å²) >= 11 is 0. The van der Waals surface area contributed by atoms with Crippen molar-refractivity contribution in [1.29, 1.82) is 0 Å². The molecule has 0 amide bonds. The molecule has 0 radical (unpaired) electrons. The van der Waals surface area contributed by atoms with Gasteiger partial charge in [0.05, 0.1) is 6.10 Å². The van der Waals surface area contributed by atoms with Gasteiger partial charge in [0, 0.05) is 24.8 Å². The number of morpholine rings is 1.